The van der Waals surface area contributed by atoms with E-state index in [1.807, 2.05) is 12.1 Å². The molecule has 23 heavy (non-hydrogen) atoms. The van der Waals surface area contributed by atoms with Crippen molar-refractivity contribution in [2.24, 2.45) is 5.92 Å². The summed E-state index contributed by atoms with van der Waals surface area (Å²) in [5.41, 5.74) is 3.16. The van der Waals surface area contributed by atoms with Gasteiger partial charge in [0.1, 0.15) is 0 Å². The zero-order valence-electron chi connectivity index (χ0n) is 14.1. The molecule has 1 aromatic carbocycles. The van der Waals surface area contributed by atoms with E-state index in [9.17, 15) is 9.59 Å². The number of nitrogens with one attached hydrogen (secondary N) is 1. The van der Waals surface area contributed by atoms with Gasteiger partial charge in [0.25, 0.3) is 0 Å². The third-order valence-corrected chi connectivity index (χ3v) is 4.38. The Morgan fingerprint density at radius 1 is 1.39 bits per heavy atom. The van der Waals surface area contributed by atoms with Crippen LogP contribution >= 0.6 is 0 Å². The molecule has 5 nitrogen and oxygen atoms in total. The van der Waals surface area contributed by atoms with Crippen molar-refractivity contribution in [3.63, 3.8) is 0 Å². The summed E-state index contributed by atoms with van der Waals surface area (Å²) in [6, 6.07) is 5.93. The van der Waals surface area contributed by atoms with E-state index in [1.54, 1.807) is 4.90 Å². The minimum atomic E-state index is -0.824. The molecule has 2 N–H and O–H groups in total. The van der Waals surface area contributed by atoms with Gasteiger partial charge in [0.15, 0.2) is 0 Å². The number of carbonyl (C=O) groups excluding carboxylic acids is 1. The molecule has 126 valence electrons. The Labute approximate surface area is 137 Å². The van der Waals surface area contributed by atoms with Crippen LogP contribution in [-0.4, -0.2) is 35.1 Å². The molecule has 0 spiro atoms. The van der Waals surface area contributed by atoms with Gasteiger partial charge in [0.2, 0.25) is 0 Å². The van der Waals surface area contributed by atoms with Gasteiger partial charge in [-0.2, -0.15) is 0 Å². The normalized spacial score (nSPS) is 17.6. The van der Waals surface area contributed by atoms with Crippen LogP contribution in [0.1, 0.15) is 50.7 Å². The standard InChI is InChI=1S/C18H26N2O3/c1-4-6-13-7-5-8-15(12(2)3)16(13)19-18(23)20-10-9-14(11-20)17(21)22/h5,7-8,12,14H,4,6,9-11H2,1-3H3,(H,19,23)(H,21,22). The summed E-state index contributed by atoms with van der Waals surface area (Å²) in [6.45, 7) is 7.11. The molecule has 0 aromatic heterocycles. The number of benzene rings is 1. The number of carbonyl (C=O) groups is 2. The zero-order valence-corrected chi connectivity index (χ0v) is 14.1. The highest BCUT2D eigenvalue weighted by atomic mass is 16.4. The van der Waals surface area contributed by atoms with E-state index in [0.717, 1.165) is 29.7 Å². The molecule has 1 heterocycles. The Balaban J connectivity index is 2.18. The number of carboxylic acid groups (broad SMARTS) is 1. The van der Waals surface area contributed by atoms with Gasteiger partial charge in [-0.1, -0.05) is 45.4 Å². The lowest BCUT2D eigenvalue weighted by Gasteiger charge is -2.22. The number of hydrogen-bond acceptors (Lipinski definition) is 2. The Morgan fingerprint density at radius 2 is 2.13 bits per heavy atom. The van der Waals surface area contributed by atoms with Gasteiger partial charge >= 0.3 is 12.0 Å². The maximum Gasteiger partial charge on any atom is 0.321 e. The highest BCUT2D eigenvalue weighted by Gasteiger charge is 2.31. The smallest absolute Gasteiger partial charge is 0.321 e. The van der Waals surface area contributed by atoms with Crippen LogP contribution < -0.4 is 5.32 Å². The number of rotatable bonds is 5. The molecule has 1 fully saturated rings. The van der Waals surface area contributed by atoms with Gasteiger partial charge in [0, 0.05) is 18.8 Å². The van der Waals surface area contributed by atoms with Crippen molar-refractivity contribution in [3.05, 3.63) is 29.3 Å². The molecule has 0 radical (unpaired) electrons. The molecule has 5 heteroatoms. The van der Waals surface area contributed by atoms with E-state index in [4.69, 9.17) is 5.11 Å². The third kappa shape index (κ3) is 4.03. The lowest BCUT2D eigenvalue weighted by Crippen LogP contribution is -2.34. The highest BCUT2D eigenvalue weighted by molar-refractivity contribution is 5.92. The van der Waals surface area contributed by atoms with Crippen molar-refractivity contribution in [1.29, 1.82) is 0 Å². The van der Waals surface area contributed by atoms with Crippen molar-refractivity contribution in [1.82, 2.24) is 4.90 Å². The number of nitrogens with zero attached hydrogens (tertiary/aromatic N) is 1. The minimum absolute atomic E-state index is 0.195. The molecule has 1 aliphatic heterocycles. The number of aliphatic carboxylic acids is 1. The summed E-state index contributed by atoms with van der Waals surface area (Å²) in [7, 11) is 0. The fourth-order valence-corrected chi connectivity index (χ4v) is 3.06. The Morgan fingerprint density at radius 3 is 2.70 bits per heavy atom. The average molecular weight is 318 g/mol. The number of urea groups is 1. The molecule has 2 rings (SSSR count). The number of likely N-dealkylation sites (tertiary alicyclic amines) is 1. The van der Waals surface area contributed by atoms with Crippen LogP contribution in [0.4, 0.5) is 10.5 Å². The number of anilines is 1. The number of hydrogen-bond donors (Lipinski definition) is 2. The quantitative estimate of drug-likeness (QED) is 0.869. The maximum absolute atomic E-state index is 12.5. The molecule has 1 atom stereocenters. The fourth-order valence-electron chi connectivity index (χ4n) is 3.06. The summed E-state index contributed by atoms with van der Waals surface area (Å²) in [5, 5.41) is 12.1. The van der Waals surface area contributed by atoms with E-state index >= 15 is 0 Å². The van der Waals surface area contributed by atoms with Crippen molar-refractivity contribution < 1.29 is 14.7 Å². The molecular formula is C18H26N2O3. The van der Waals surface area contributed by atoms with Crippen molar-refractivity contribution in [3.8, 4) is 0 Å². The van der Waals surface area contributed by atoms with Crippen LogP contribution in [0.15, 0.2) is 18.2 Å². The van der Waals surface area contributed by atoms with Gasteiger partial charge in [-0.15, -0.1) is 0 Å². The van der Waals surface area contributed by atoms with Gasteiger partial charge in [-0.05, 0) is 29.9 Å². The number of para-hydroxylation sites is 1. The second kappa shape index (κ2) is 7.49. The second-order valence-corrected chi connectivity index (χ2v) is 6.49. The first-order valence-corrected chi connectivity index (χ1v) is 8.34. The molecule has 1 aliphatic rings. The Kier molecular flexibility index (Phi) is 5.64. The van der Waals surface area contributed by atoms with Gasteiger partial charge in [0.05, 0.1) is 5.92 Å². The molecule has 0 saturated carbocycles. The number of carboxylic acids is 1. The summed E-state index contributed by atoms with van der Waals surface area (Å²) in [4.78, 5) is 25.2. The lowest BCUT2D eigenvalue weighted by atomic mass is 9.96. The van der Waals surface area contributed by atoms with E-state index in [0.29, 0.717) is 18.9 Å². The monoisotopic (exact) mass is 318 g/mol. The van der Waals surface area contributed by atoms with Crippen LogP contribution in [0.3, 0.4) is 0 Å². The largest absolute Gasteiger partial charge is 0.481 e. The molecular weight excluding hydrogens is 292 g/mol. The van der Waals surface area contributed by atoms with Crippen LogP contribution in [0, 0.1) is 5.92 Å². The molecule has 0 aliphatic carbocycles. The van der Waals surface area contributed by atoms with E-state index in [-0.39, 0.29) is 12.6 Å². The summed E-state index contributed by atoms with van der Waals surface area (Å²) in [5.74, 6) is -0.960. The molecule has 2 amide bonds. The predicted octanol–water partition coefficient (Wildman–Crippen LogP) is 3.70. The fraction of sp³-hybridized carbons (Fsp3) is 0.556. The maximum atomic E-state index is 12.5. The van der Waals surface area contributed by atoms with Gasteiger partial charge in [-0.25, -0.2) is 4.79 Å². The van der Waals surface area contributed by atoms with Crippen LogP contribution in [-0.2, 0) is 11.2 Å². The SMILES string of the molecule is CCCc1cccc(C(C)C)c1NC(=O)N1CCC(C(=O)O)C1. The third-order valence-electron chi connectivity index (χ3n) is 4.38. The Bertz CT molecular complexity index is 584. The first-order chi connectivity index (χ1) is 10.9. The number of amides is 2. The highest BCUT2D eigenvalue weighted by Crippen LogP contribution is 2.29. The predicted molar refractivity (Wildman–Crippen MR) is 90.9 cm³/mol. The topological polar surface area (TPSA) is 69.6 Å². The lowest BCUT2D eigenvalue weighted by molar-refractivity contribution is -0.141. The summed E-state index contributed by atoms with van der Waals surface area (Å²) < 4.78 is 0. The van der Waals surface area contributed by atoms with Crippen LogP contribution in [0.25, 0.3) is 0 Å². The molecule has 1 unspecified atom stereocenters. The minimum Gasteiger partial charge on any atom is -0.481 e. The van der Waals surface area contributed by atoms with Crippen LogP contribution in [0.2, 0.25) is 0 Å². The van der Waals surface area contributed by atoms with E-state index < -0.39 is 11.9 Å². The van der Waals surface area contributed by atoms with Crippen molar-refractivity contribution >= 4 is 17.7 Å². The average Bonchev–Trinajstić information content (AvgIpc) is 2.99. The first-order valence-electron chi connectivity index (χ1n) is 8.34. The van der Waals surface area contributed by atoms with E-state index in [1.165, 1.54) is 0 Å². The van der Waals surface area contributed by atoms with Crippen molar-refractivity contribution in [2.45, 2.75) is 46.0 Å². The van der Waals surface area contributed by atoms with E-state index in [2.05, 4.69) is 32.2 Å². The molecule has 1 saturated heterocycles. The van der Waals surface area contributed by atoms with Gasteiger partial charge < -0.3 is 15.3 Å². The summed E-state index contributed by atoms with van der Waals surface area (Å²) in [6.07, 6.45) is 2.44. The second-order valence-electron chi connectivity index (χ2n) is 6.49. The molecule has 1 aromatic rings. The van der Waals surface area contributed by atoms with Crippen LogP contribution in [0.5, 0.6) is 0 Å². The number of aryl methyl sites for hydroxylation is 1. The summed E-state index contributed by atoms with van der Waals surface area (Å²) >= 11 is 0. The molecule has 0 bridgehead atoms. The zero-order chi connectivity index (χ0) is 17.0. The van der Waals surface area contributed by atoms with Gasteiger partial charge in [-0.3, -0.25) is 4.79 Å². The Hall–Kier alpha value is -2.04. The van der Waals surface area contributed by atoms with Crippen molar-refractivity contribution in [2.75, 3.05) is 18.4 Å². The first kappa shape index (κ1) is 17.3.